The van der Waals surface area contributed by atoms with Gasteiger partial charge >= 0.3 is 6.09 Å². The third-order valence-electron chi connectivity index (χ3n) is 2.82. The summed E-state index contributed by atoms with van der Waals surface area (Å²) in [5.41, 5.74) is 0.592. The van der Waals surface area contributed by atoms with Gasteiger partial charge in [0.1, 0.15) is 5.60 Å². The second-order valence-corrected chi connectivity index (χ2v) is 5.85. The van der Waals surface area contributed by atoms with Crippen LogP contribution >= 0.6 is 0 Å². The van der Waals surface area contributed by atoms with Gasteiger partial charge in [-0.3, -0.25) is 4.79 Å². The van der Waals surface area contributed by atoms with Crippen molar-refractivity contribution in [1.82, 2.24) is 4.57 Å². The van der Waals surface area contributed by atoms with Gasteiger partial charge in [0.15, 0.2) is 0 Å². The van der Waals surface area contributed by atoms with Crippen molar-refractivity contribution in [1.29, 1.82) is 0 Å². The van der Waals surface area contributed by atoms with Crippen molar-refractivity contribution < 1.29 is 14.3 Å². The van der Waals surface area contributed by atoms with E-state index in [0.29, 0.717) is 0 Å². The van der Waals surface area contributed by atoms with Crippen LogP contribution in [0.25, 0.3) is 6.08 Å². The molecular formula is C18H19NO3. The zero-order valence-corrected chi connectivity index (χ0v) is 12.9. The topological polar surface area (TPSA) is 48.3 Å². The molecule has 0 saturated carbocycles. The minimum absolute atomic E-state index is 0.250. The number of rotatable bonds is 3. The first-order valence-electron chi connectivity index (χ1n) is 7.05. The van der Waals surface area contributed by atoms with Crippen molar-refractivity contribution in [2.45, 2.75) is 26.4 Å². The first kappa shape index (κ1) is 15.8. The lowest BCUT2D eigenvalue weighted by atomic mass is 10.2. The smallest absolute Gasteiger partial charge is 0.419 e. The number of carbonyl (C=O) groups is 2. The van der Waals surface area contributed by atoms with Crippen LogP contribution in [0.3, 0.4) is 0 Å². The predicted octanol–water partition coefficient (Wildman–Crippen LogP) is 4.17. The van der Waals surface area contributed by atoms with Crippen molar-refractivity contribution >= 4 is 18.0 Å². The zero-order valence-electron chi connectivity index (χ0n) is 12.9. The van der Waals surface area contributed by atoms with Crippen LogP contribution < -0.4 is 0 Å². The molecule has 0 atom stereocenters. The first-order valence-corrected chi connectivity index (χ1v) is 7.05. The van der Waals surface area contributed by atoms with Gasteiger partial charge in [0.25, 0.3) is 0 Å². The molecule has 0 radical (unpaired) electrons. The van der Waals surface area contributed by atoms with E-state index in [1.54, 1.807) is 39.0 Å². The van der Waals surface area contributed by atoms with E-state index in [0.717, 1.165) is 5.56 Å². The van der Waals surface area contributed by atoms with E-state index in [4.69, 9.17) is 4.74 Å². The molecule has 0 amide bonds. The van der Waals surface area contributed by atoms with Gasteiger partial charge in [-0.15, -0.1) is 0 Å². The Labute approximate surface area is 130 Å². The van der Waals surface area contributed by atoms with Gasteiger partial charge in [0, 0.05) is 6.20 Å². The van der Waals surface area contributed by atoms with Crippen LogP contribution in [-0.4, -0.2) is 22.0 Å². The van der Waals surface area contributed by atoms with Gasteiger partial charge in [0.2, 0.25) is 5.78 Å². The summed E-state index contributed by atoms with van der Waals surface area (Å²) >= 11 is 0. The Bertz CT molecular complexity index is 691. The van der Waals surface area contributed by atoms with Crippen LogP contribution in [0.5, 0.6) is 0 Å². The highest BCUT2D eigenvalue weighted by Gasteiger charge is 2.20. The average molecular weight is 297 g/mol. The molecule has 114 valence electrons. The Hall–Kier alpha value is -2.62. The maximum absolute atomic E-state index is 12.3. The van der Waals surface area contributed by atoms with Crippen molar-refractivity contribution in [2.75, 3.05) is 0 Å². The number of nitrogens with zero attached hydrogens (tertiary/aromatic N) is 1. The normalized spacial score (nSPS) is 11.6. The Morgan fingerprint density at radius 2 is 1.73 bits per heavy atom. The second-order valence-electron chi connectivity index (χ2n) is 5.85. The number of carbonyl (C=O) groups excluding carboxylic acids is 2. The maximum atomic E-state index is 12.3. The Balaban J connectivity index is 2.17. The van der Waals surface area contributed by atoms with E-state index >= 15 is 0 Å². The van der Waals surface area contributed by atoms with Crippen LogP contribution in [0.4, 0.5) is 4.79 Å². The molecule has 22 heavy (non-hydrogen) atoms. The second kappa shape index (κ2) is 6.43. The fourth-order valence-corrected chi connectivity index (χ4v) is 1.87. The van der Waals surface area contributed by atoms with Gasteiger partial charge in [-0.2, -0.15) is 0 Å². The molecule has 0 N–H and O–H groups in total. The number of ketones is 1. The van der Waals surface area contributed by atoms with Gasteiger partial charge in [0.05, 0.1) is 5.69 Å². The molecule has 0 spiro atoms. The van der Waals surface area contributed by atoms with Gasteiger partial charge in [-0.25, -0.2) is 9.36 Å². The van der Waals surface area contributed by atoms with Crippen LogP contribution in [0.2, 0.25) is 0 Å². The molecular weight excluding hydrogens is 278 g/mol. The van der Waals surface area contributed by atoms with Gasteiger partial charge in [-0.1, -0.05) is 36.4 Å². The highest BCUT2D eigenvalue weighted by atomic mass is 16.6. The van der Waals surface area contributed by atoms with Crippen LogP contribution in [0.1, 0.15) is 36.8 Å². The molecule has 1 aromatic carbocycles. The molecule has 0 bridgehead atoms. The Morgan fingerprint density at radius 1 is 1.05 bits per heavy atom. The van der Waals surface area contributed by atoms with Gasteiger partial charge in [-0.05, 0) is 44.5 Å². The quantitative estimate of drug-likeness (QED) is 0.631. The fourth-order valence-electron chi connectivity index (χ4n) is 1.87. The number of aromatic nitrogens is 1. The van der Waals surface area contributed by atoms with Crippen molar-refractivity contribution in [3.05, 3.63) is 66.0 Å². The van der Waals surface area contributed by atoms with E-state index in [2.05, 4.69) is 0 Å². The van der Waals surface area contributed by atoms with Crippen LogP contribution in [0.15, 0.2) is 54.7 Å². The Kier molecular flexibility index (Phi) is 4.61. The van der Waals surface area contributed by atoms with Gasteiger partial charge < -0.3 is 4.74 Å². The maximum Gasteiger partial charge on any atom is 0.419 e. The Morgan fingerprint density at radius 3 is 2.36 bits per heavy atom. The summed E-state index contributed by atoms with van der Waals surface area (Å²) in [5, 5.41) is 0. The minimum Gasteiger partial charge on any atom is -0.443 e. The number of ether oxygens (including phenoxy) is 1. The van der Waals surface area contributed by atoms with E-state index in [-0.39, 0.29) is 11.5 Å². The minimum atomic E-state index is -0.610. The summed E-state index contributed by atoms with van der Waals surface area (Å²) < 4.78 is 6.51. The molecule has 1 aromatic heterocycles. The van der Waals surface area contributed by atoms with E-state index in [1.165, 1.54) is 16.8 Å². The van der Waals surface area contributed by atoms with E-state index < -0.39 is 11.7 Å². The molecule has 0 saturated heterocycles. The molecule has 2 rings (SSSR count). The summed E-state index contributed by atoms with van der Waals surface area (Å²) in [6.45, 7) is 5.35. The molecule has 4 nitrogen and oxygen atoms in total. The van der Waals surface area contributed by atoms with E-state index in [9.17, 15) is 9.59 Å². The monoisotopic (exact) mass is 297 g/mol. The SMILES string of the molecule is CC(C)(C)OC(=O)n1cccc1C(=O)/C=C/c1ccccc1. The predicted molar refractivity (Wildman–Crippen MR) is 85.9 cm³/mol. The summed E-state index contributed by atoms with van der Waals surface area (Å²) in [7, 11) is 0. The number of hydrogen-bond donors (Lipinski definition) is 0. The number of benzene rings is 1. The third kappa shape index (κ3) is 4.19. The average Bonchev–Trinajstić information content (AvgIpc) is 2.93. The standard InChI is InChI=1S/C18H19NO3/c1-18(2,3)22-17(21)19-13-7-10-15(19)16(20)12-11-14-8-5-4-6-9-14/h4-13H,1-3H3/b12-11+. The van der Waals surface area contributed by atoms with Crippen molar-refractivity contribution in [3.63, 3.8) is 0 Å². The fraction of sp³-hybridized carbons (Fsp3) is 0.222. The molecule has 0 unspecified atom stereocenters. The zero-order chi connectivity index (χ0) is 16.2. The summed E-state index contributed by atoms with van der Waals surface area (Å²) in [6, 6.07) is 12.7. The lowest BCUT2D eigenvalue weighted by Crippen LogP contribution is -2.28. The lowest BCUT2D eigenvalue weighted by Gasteiger charge is -2.20. The largest absolute Gasteiger partial charge is 0.443 e. The summed E-state index contributed by atoms with van der Waals surface area (Å²) in [4.78, 5) is 24.3. The number of hydrogen-bond acceptors (Lipinski definition) is 3. The third-order valence-corrected chi connectivity index (χ3v) is 2.82. The molecule has 2 aromatic rings. The van der Waals surface area contributed by atoms with Crippen molar-refractivity contribution in [3.8, 4) is 0 Å². The van der Waals surface area contributed by atoms with Crippen molar-refractivity contribution in [2.24, 2.45) is 0 Å². The molecule has 1 heterocycles. The molecule has 4 heteroatoms. The molecule has 0 aliphatic heterocycles. The van der Waals surface area contributed by atoms with E-state index in [1.807, 2.05) is 30.3 Å². The number of allylic oxidation sites excluding steroid dienone is 1. The van der Waals surface area contributed by atoms with Crippen LogP contribution in [0, 0.1) is 0 Å². The first-order chi connectivity index (χ1) is 10.4. The summed E-state index contributed by atoms with van der Waals surface area (Å²) in [6.07, 6.45) is 4.13. The molecule has 0 aliphatic carbocycles. The molecule has 0 aliphatic rings. The van der Waals surface area contributed by atoms with Crippen LogP contribution in [-0.2, 0) is 4.74 Å². The summed E-state index contributed by atoms with van der Waals surface area (Å²) in [5.74, 6) is -0.250. The lowest BCUT2D eigenvalue weighted by molar-refractivity contribution is 0.0529. The highest BCUT2D eigenvalue weighted by Crippen LogP contribution is 2.12. The molecule has 0 fully saturated rings. The highest BCUT2D eigenvalue weighted by molar-refractivity contribution is 6.07.